The van der Waals surface area contributed by atoms with Crippen molar-refractivity contribution in [2.24, 2.45) is 23.7 Å². The molecule has 3 unspecified atom stereocenters. The quantitative estimate of drug-likeness (QED) is 0.0222. The van der Waals surface area contributed by atoms with Gasteiger partial charge in [-0.15, -0.1) is 0 Å². The van der Waals surface area contributed by atoms with Gasteiger partial charge in [0.2, 0.25) is 0 Å². The normalized spacial score (nSPS) is 14.3. The first-order valence-electron chi connectivity index (χ1n) is 42.7. The van der Waals surface area contributed by atoms with Crippen molar-refractivity contribution in [2.45, 2.75) is 446 Å². The fourth-order valence-electron chi connectivity index (χ4n) is 12.8. The topological polar surface area (TPSA) is 237 Å². The summed E-state index contributed by atoms with van der Waals surface area (Å²) in [6.45, 7) is 14.3. The van der Waals surface area contributed by atoms with Crippen LogP contribution in [0.25, 0.3) is 0 Å². The summed E-state index contributed by atoms with van der Waals surface area (Å²) < 4.78 is 68.8. The monoisotopic (exact) mass is 1490 g/mol. The fraction of sp³-hybridized carbons (Fsp3) is 0.952. The Balaban J connectivity index is 5.23. The standard InChI is InChI=1S/C83H162O17P2/c1-9-76(8)62-54-46-38-30-21-16-14-12-10-11-13-15-17-23-32-41-49-57-65-82(87)99-78(69-93-80(85)63-55-47-39-31-22-19-18-20-27-35-43-51-59-73(2)3)71-97-101(89,90)95-67-77(84)68-96-102(91,92)98-72-79(70-94-81(86)64-56-48-40-34-26-29-37-45-53-61-75(6)7)100-83(88)66-58-50-42-33-25-24-28-36-44-52-60-74(4)5/h73-79,84H,9-72H2,1-8H3,(H,89,90)(H,91,92)/t76?,77-,78-,79-/m1/s1. The van der Waals surface area contributed by atoms with Gasteiger partial charge >= 0.3 is 39.5 Å². The smallest absolute Gasteiger partial charge is 0.462 e. The summed E-state index contributed by atoms with van der Waals surface area (Å²) >= 11 is 0. The molecule has 0 heterocycles. The molecule has 0 fully saturated rings. The minimum absolute atomic E-state index is 0.105. The molecule has 0 rings (SSSR count). The van der Waals surface area contributed by atoms with Crippen LogP contribution in [0, 0.1) is 23.7 Å². The molecule has 0 saturated heterocycles. The number of aliphatic hydroxyl groups excluding tert-OH is 1. The molecule has 0 aromatic heterocycles. The summed E-state index contributed by atoms with van der Waals surface area (Å²) in [4.78, 5) is 73.1. The summed E-state index contributed by atoms with van der Waals surface area (Å²) in [6.07, 6.45) is 59.7. The van der Waals surface area contributed by atoms with E-state index in [1.54, 1.807) is 0 Å². The van der Waals surface area contributed by atoms with Crippen LogP contribution in [0.4, 0.5) is 0 Å². The number of hydrogen-bond acceptors (Lipinski definition) is 15. The molecule has 0 radical (unpaired) electrons. The molecule has 3 N–H and O–H groups in total. The molecule has 102 heavy (non-hydrogen) atoms. The second-order valence-corrected chi connectivity index (χ2v) is 34.4. The summed E-state index contributed by atoms with van der Waals surface area (Å²) in [5, 5.41) is 10.7. The third-order valence-electron chi connectivity index (χ3n) is 19.7. The minimum atomic E-state index is -4.96. The molecule has 0 aromatic rings. The number of phosphoric acid groups is 2. The van der Waals surface area contributed by atoms with Gasteiger partial charge < -0.3 is 33.8 Å². The van der Waals surface area contributed by atoms with E-state index in [-0.39, 0.29) is 25.7 Å². The Labute approximate surface area is 626 Å². The molecule has 17 nitrogen and oxygen atoms in total. The number of esters is 4. The van der Waals surface area contributed by atoms with Crippen molar-refractivity contribution >= 4 is 39.5 Å². The lowest BCUT2D eigenvalue weighted by atomic mass is 9.99. The average molecular weight is 1490 g/mol. The molecule has 0 aliphatic heterocycles. The second kappa shape index (κ2) is 72.0. The van der Waals surface area contributed by atoms with Gasteiger partial charge in [0.05, 0.1) is 26.4 Å². The maximum Gasteiger partial charge on any atom is 0.472 e. The lowest BCUT2D eigenvalue weighted by molar-refractivity contribution is -0.161. The van der Waals surface area contributed by atoms with Gasteiger partial charge in [-0.3, -0.25) is 37.3 Å². The Morgan fingerprint density at radius 3 is 0.696 bits per heavy atom. The first-order valence-corrected chi connectivity index (χ1v) is 45.7. The van der Waals surface area contributed by atoms with E-state index >= 15 is 0 Å². The van der Waals surface area contributed by atoms with Crippen molar-refractivity contribution in [1.29, 1.82) is 0 Å². The van der Waals surface area contributed by atoms with Crippen molar-refractivity contribution < 1.29 is 80.2 Å². The van der Waals surface area contributed by atoms with E-state index in [0.29, 0.717) is 25.7 Å². The first-order chi connectivity index (χ1) is 49.1. The summed E-state index contributed by atoms with van der Waals surface area (Å²) in [7, 11) is -9.92. The Kier molecular flexibility index (Phi) is 70.6. The summed E-state index contributed by atoms with van der Waals surface area (Å²) in [5.41, 5.74) is 0. The fourth-order valence-corrected chi connectivity index (χ4v) is 14.3. The average Bonchev–Trinajstić information content (AvgIpc) is 0.922. The highest BCUT2D eigenvalue weighted by Gasteiger charge is 2.30. The predicted octanol–water partition coefficient (Wildman–Crippen LogP) is 24.8. The third-order valence-corrected chi connectivity index (χ3v) is 21.6. The minimum Gasteiger partial charge on any atom is -0.462 e. The zero-order valence-corrected chi connectivity index (χ0v) is 69.0. The molecule has 19 heteroatoms. The van der Waals surface area contributed by atoms with Gasteiger partial charge in [0, 0.05) is 25.7 Å². The van der Waals surface area contributed by atoms with Gasteiger partial charge in [0.25, 0.3) is 0 Å². The van der Waals surface area contributed by atoms with Gasteiger partial charge in [0.1, 0.15) is 19.3 Å². The van der Waals surface area contributed by atoms with E-state index in [2.05, 4.69) is 55.4 Å². The zero-order chi connectivity index (χ0) is 75.3. The molecule has 0 amide bonds. The molecule has 0 spiro atoms. The van der Waals surface area contributed by atoms with Crippen molar-refractivity contribution in [1.82, 2.24) is 0 Å². The number of aliphatic hydroxyl groups is 1. The van der Waals surface area contributed by atoms with Crippen LogP contribution in [-0.4, -0.2) is 96.7 Å². The number of unbranched alkanes of at least 4 members (excludes halogenated alkanes) is 45. The SMILES string of the molecule is CCC(C)CCCCCCCCCCCCCCCCCCCCC(=O)O[C@H](COC(=O)CCCCCCCCCCCCCCC(C)C)COP(=O)(O)OC[C@@H](O)COP(=O)(O)OC[C@@H](COC(=O)CCCCCCCCCCCC(C)C)OC(=O)CCCCCCCCCCCCC(C)C. The first kappa shape index (κ1) is 100. The van der Waals surface area contributed by atoms with Crippen LogP contribution in [0.3, 0.4) is 0 Å². The second-order valence-electron chi connectivity index (χ2n) is 31.5. The van der Waals surface area contributed by atoms with E-state index in [4.69, 9.17) is 37.0 Å². The lowest BCUT2D eigenvalue weighted by Gasteiger charge is -2.21. The predicted molar refractivity (Wildman–Crippen MR) is 418 cm³/mol. The molecule has 6 atom stereocenters. The molecular formula is C83H162O17P2. The van der Waals surface area contributed by atoms with Crippen LogP contribution < -0.4 is 0 Å². The molecule has 0 bridgehead atoms. The van der Waals surface area contributed by atoms with Gasteiger partial charge in [-0.05, 0) is 49.4 Å². The molecule has 0 aromatic carbocycles. The van der Waals surface area contributed by atoms with Gasteiger partial charge in [0.15, 0.2) is 12.2 Å². The molecule has 0 saturated carbocycles. The Morgan fingerprint density at radius 1 is 0.275 bits per heavy atom. The number of carbonyl (C=O) groups is 4. The molecule has 606 valence electrons. The number of hydrogen-bond donors (Lipinski definition) is 3. The largest absolute Gasteiger partial charge is 0.472 e. The number of phosphoric ester groups is 2. The van der Waals surface area contributed by atoms with Gasteiger partial charge in [-0.25, -0.2) is 9.13 Å². The lowest BCUT2D eigenvalue weighted by Crippen LogP contribution is -2.30. The number of ether oxygens (including phenoxy) is 4. The van der Waals surface area contributed by atoms with Crippen molar-refractivity contribution in [3.8, 4) is 0 Å². The van der Waals surface area contributed by atoms with Gasteiger partial charge in [-0.2, -0.15) is 0 Å². The van der Waals surface area contributed by atoms with Crippen molar-refractivity contribution in [2.75, 3.05) is 39.6 Å². The van der Waals surface area contributed by atoms with Crippen LogP contribution in [0.2, 0.25) is 0 Å². The van der Waals surface area contributed by atoms with Crippen molar-refractivity contribution in [3.05, 3.63) is 0 Å². The number of carbonyl (C=O) groups excluding carboxylic acids is 4. The molecular weight excluding hydrogens is 1330 g/mol. The molecule has 0 aliphatic rings. The van der Waals surface area contributed by atoms with E-state index in [0.717, 1.165) is 114 Å². The van der Waals surface area contributed by atoms with E-state index in [9.17, 15) is 43.2 Å². The Hall–Kier alpha value is -1.94. The Morgan fingerprint density at radius 2 is 0.471 bits per heavy atom. The van der Waals surface area contributed by atoms with Crippen molar-refractivity contribution in [3.63, 3.8) is 0 Å². The van der Waals surface area contributed by atoms with Gasteiger partial charge in [-0.1, -0.05) is 376 Å². The number of rotatable bonds is 80. The molecule has 0 aliphatic carbocycles. The van der Waals surface area contributed by atoms with Crippen LogP contribution in [0.1, 0.15) is 428 Å². The van der Waals surface area contributed by atoms with Crippen LogP contribution in [0.5, 0.6) is 0 Å². The maximum absolute atomic E-state index is 13.1. The van der Waals surface area contributed by atoms with E-state index < -0.39 is 97.5 Å². The third kappa shape index (κ3) is 74.9. The van der Waals surface area contributed by atoms with E-state index in [1.807, 2.05) is 0 Å². The van der Waals surface area contributed by atoms with E-state index in [1.165, 1.54) is 231 Å². The summed E-state index contributed by atoms with van der Waals surface area (Å²) in [6, 6.07) is 0. The maximum atomic E-state index is 13.1. The highest BCUT2D eigenvalue weighted by atomic mass is 31.2. The highest BCUT2D eigenvalue weighted by molar-refractivity contribution is 7.47. The summed E-state index contributed by atoms with van der Waals surface area (Å²) in [5.74, 6) is 1.04. The highest BCUT2D eigenvalue weighted by Crippen LogP contribution is 2.45. The van der Waals surface area contributed by atoms with Crippen LogP contribution >= 0.6 is 15.6 Å². The van der Waals surface area contributed by atoms with Crippen LogP contribution in [-0.2, 0) is 65.4 Å². The zero-order valence-electron chi connectivity index (χ0n) is 67.2. The van der Waals surface area contributed by atoms with Crippen LogP contribution in [0.15, 0.2) is 0 Å². The Bertz CT molecular complexity index is 1990.